The fourth-order valence-corrected chi connectivity index (χ4v) is 2.79. The summed E-state index contributed by atoms with van der Waals surface area (Å²) in [6, 6.07) is 18.3. The van der Waals surface area contributed by atoms with Crippen molar-refractivity contribution in [3.8, 4) is 28.6 Å². The average Bonchev–Trinajstić information content (AvgIpc) is 3.18. The van der Waals surface area contributed by atoms with Gasteiger partial charge in [0.05, 0.1) is 0 Å². The maximum Gasteiger partial charge on any atom is 0.258 e. The smallest absolute Gasteiger partial charge is 0.258 e. The van der Waals surface area contributed by atoms with Gasteiger partial charge in [-0.15, -0.1) is 0 Å². The number of hydrogen-bond acceptors (Lipinski definition) is 4. The van der Waals surface area contributed by atoms with Gasteiger partial charge in [-0.25, -0.2) is 8.78 Å². The Kier molecular flexibility index (Phi) is 4.85. The van der Waals surface area contributed by atoms with Crippen molar-refractivity contribution < 1.29 is 18.0 Å². The Balaban J connectivity index is 1.53. The average molecular weight is 378 g/mol. The monoisotopic (exact) mass is 378 g/mol. The second-order valence-electron chi connectivity index (χ2n) is 6.29. The van der Waals surface area contributed by atoms with E-state index in [4.69, 9.17) is 9.26 Å². The maximum atomic E-state index is 13.7. The molecule has 0 saturated heterocycles. The lowest BCUT2D eigenvalue weighted by atomic mass is 10.1. The van der Waals surface area contributed by atoms with Gasteiger partial charge in [-0.05, 0) is 42.8 Å². The number of aryl methyl sites for hydroxylation is 1. The molecule has 4 aromatic rings. The fraction of sp³-hybridized carbons (Fsp3) is 0.0909. The molecule has 0 aliphatic carbocycles. The van der Waals surface area contributed by atoms with E-state index in [1.54, 1.807) is 18.2 Å². The molecule has 0 saturated carbocycles. The Morgan fingerprint density at radius 2 is 1.82 bits per heavy atom. The Morgan fingerprint density at radius 1 is 0.964 bits per heavy atom. The summed E-state index contributed by atoms with van der Waals surface area (Å²) >= 11 is 0. The van der Waals surface area contributed by atoms with Gasteiger partial charge in [-0.3, -0.25) is 0 Å². The van der Waals surface area contributed by atoms with Gasteiger partial charge in [-0.1, -0.05) is 35.5 Å². The van der Waals surface area contributed by atoms with Crippen LogP contribution in [0.3, 0.4) is 0 Å². The van der Waals surface area contributed by atoms with E-state index in [0.717, 1.165) is 17.2 Å². The van der Waals surface area contributed by atoms with E-state index in [0.29, 0.717) is 23.0 Å². The third-order valence-corrected chi connectivity index (χ3v) is 4.30. The van der Waals surface area contributed by atoms with Gasteiger partial charge < -0.3 is 9.26 Å². The summed E-state index contributed by atoms with van der Waals surface area (Å²) in [5.74, 6) is 0.120. The number of aromatic nitrogens is 2. The molecular formula is C22H16F2N2O2. The molecule has 4 rings (SSSR count). The highest BCUT2D eigenvalue weighted by Gasteiger charge is 2.13. The molecule has 6 heteroatoms. The SMILES string of the molecule is Cc1ccccc1-c1nc(-c2cccc(OCc3ccc(F)cc3F)c2)no1. The highest BCUT2D eigenvalue weighted by Crippen LogP contribution is 2.27. The molecule has 28 heavy (non-hydrogen) atoms. The summed E-state index contributed by atoms with van der Waals surface area (Å²) in [6.45, 7) is 1.96. The second kappa shape index (κ2) is 7.60. The highest BCUT2D eigenvalue weighted by atomic mass is 19.1. The van der Waals surface area contributed by atoms with Crippen molar-refractivity contribution in [2.24, 2.45) is 0 Å². The summed E-state index contributed by atoms with van der Waals surface area (Å²) in [4.78, 5) is 4.46. The molecule has 0 unspecified atom stereocenters. The molecule has 0 atom stereocenters. The summed E-state index contributed by atoms with van der Waals surface area (Å²) in [5, 5.41) is 4.04. The van der Waals surface area contributed by atoms with Crippen LogP contribution >= 0.6 is 0 Å². The van der Waals surface area contributed by atoms with Crippen molar-refractivity contribution in [3.05, 3.63) is 89.5 Å². The van der Waals surface area contributed by atoms with Crippen molar-refractivity contribution in [2.75, 3.05) is 0 Å². The third kappa shape index (κ3) is 3.76. The van der Waals surface area contributed by atoms with Gasteiger partial charge in [0.25, 0.3) is 5.89 Å². The molecule has 1 heterocycles. The van der Waals surface area contributed by atoms with Crippen LogP contribution in [0.5, 0.6) is 5.75 Å². The van der Waals surface area contributed by atoms with Crippen LogP contribution in [0.1, 0.15) is 11.1 Å². The molecular weight excluding hydrogens is 362 g/mol. The minimum absolute atomic E-state index is 0.0176. The predicted molar refractivity (Wildman–Crippen MR) is 101 cm³/mol. The van der Waals surface area contributed by atoms with Crippen LogP contribution in [0.25, 0.3) is 22.8 Å². The van der Waals surface area contributed by atoms with Crippen LogP contribution < -0.4 is 4.74 Å². The number of hydrogen-bond donors (Lipinski definition) is 0. The second-order valence-corrected chi connectivity index (χ2v) is 6.29. The summed E-state index contributed by atoms with van der Waals surface area (Å²) in [5.41, 5.74) is 2.89. The van der Waals surface area contributed by atoms with Gasteiger partial charge in [0.1, 0.15) is 24.0 Å². The minimum Gasteiger partial charge on any atom is -0.489 e. The number of nitrogens with zero attached hydrogens (tertiary/aromatic N) is 2. The Morgan fingerprint density at radius 3 is 2.64 bits per heavy atom. The molecule has 0 radical (unpaired) electrons. The van der Waals surface area contributed by atoms with Gasteiger partial charge in [-0.2, -0.15) is 4.98 Å². The lowest BCUT2D eigenvalue weighted by molar-refractivity contribution is 0.299. The van der Waals surface area contributed by atoms with Crippen molar-refractivity contribution in [3.63, 3.8) is 0 Å². The standard InChI is InChI=1S/C22H16F2N2O2/c1-14-5-2-3-8-19(14)22-25-21(26-28-22)15-6-4-7-18(11-15)27-13-16-9-10-17(23)12-20(16)24/h2-12H,13H2,1H3. The van der Waals surface area contributed by atoms with Crippen LogP contribution in [0, 0.1) is 18.6 Å². The Hall–Kier alpha value is -3.54. The molecule has 0 bridgehead atoms. The largest absolute Gasteiger partial charge is 0.489 e. The highest BCUT2D eigenvalue weighted by molar-refractivity contribution is 5.63. The normalized spacial score (nSPS) is 10.8. The molecule has 0 aliphatic heterocycles. The molecule has 0 aliphatic rings. The van der Waals surface area contributed by atoms with Crippen LogP contribution in [0.15, 0.2) is 71.3 Å². The molecule has 4 nitrogen and oxygen atoms in total. The van der Waals surface area contributed by atoms with Crippen molar-refractivity contribution >= 4 is 0 Å². The van der Waals surface area contributed by atoms with Crippen molar-refractivity contribution in [1.29, 1.82) is 0 Å². The van der Waals surface area contributed by atoms with Crippen LogP contribution in [-0.2, 0) is 6.61 Å². The van der Waals surface area contributed by atoms with Crippen LogP contribution in [-0.4, -0.2) is 10.1 Å². The maximum absolute atomic E-state index is 13.7. The molecule has 0 fully saturated rings. The first kappa shape index (κ1) is 17.9. The Labute approximate surface area is 160 Å². The summed E-state index contributed by atoms with van der Waals surface area (Å²) in [7, 11) is 0. The fourth-order valence-electron chi connectivity index (χ4n) is 2.79. The first-order valence-electron chi connectivity index (χ1n) is 8.67. The van der Waals surface area contributed by atoms with E-state index in [1.165, 1.54) is 12.1 Å². The quantitative estimate of drug-likeness (QED) is 0.456. The van der Waals surface area contributed by atoms with Gasteiger partial charge in [0, 0.05) is 22.8 Å². The van der Waals surface area contributed by atoms with Crippen molar-refractivity contribution in [1.82, 2.24) is 10.1 Å². The first-order valence-corrected chi connectivity index (χ1v) is 8.67. The zero-order chi connectivity index (χ0) is 19.5. The molecule has 3 aromatic carbocycles. The third-order valence-electron chi connectivity index (χ3n) is 4.30. The molecule has 0 spiro atoms. The van der Waals surface area contributed by atoms with E-state index in [2.05, 4.69) is 10.1 Å². The van der Waals surface area contributed by atoms with E-state index in [-0.39, 0.29) is 12.2 Å². The molecule has 140 valence electrons. The molecule has 1 aromatic heterocycles. The number of halogens is 2. The van der Waals surface area contributed by atoms with E-state index < -0.39 is 11.6 Å². The number of ether oxygens (including phenoxy) is 1. The number of benzene rings is 3. The lowest BCUT2D eigenvalue weighted by Gasteiger charge is -2.08. The summed E-state index contributed by atoms with van der Waals surface area (Å²) < 4.78 is 37.8. The lowest BCUT2D eigenvalue weighted by Crippen LogP contribution is -1.99. The number of rotatable bonds is 5. The van der Waals surface area contributed by atoms with E-state index in [1.807, 2.05) is 37.3 Å². The zero-order valence-electron chi connectivity index (χ0n) is 15.0. The topological polar surface area (TPSA) is 48.2 Å². The van der Waals surface area contributed by atoms with Gasteiger partial charge >= 0.3 is 0 Å². The van der Waals surface area contributed by atoms with Gasteiger partial charge in [0.15, 0.2) is 0 Å². The first-order chi connectivity index (χ1) is 13.6. The van der Waals surface area contributed by atoms with E-state index in [9.17, 15) is 8.78 Å². The minimum atomic E-state index is -0.641. The van der Waals surface area contributed by atoms with E-state index >= 15 is 0 Å². The zero-order valence-corrected chi connectivity index (χ0v) is 15.0. The Bertz CT molecular complexity index is 1120. The molecule has 0 N–H and O–H groups in total. The molecule has 0 amide bonds. The van der Waals surface area contributed by atoms with Gasteiger partial charge in [0.2, 0.25) is 5.82 Å². The van der Waals surface area contributed by atoms with Crippen LogP contribution in [0.2, 0.25) is 0 Å². The predicted octanol–water partition coefficient (Wildman–Crippen LogP) is 5.57. The van der Waals surface area contributed by atoms with Crippen LogP contribution in [0.4, 0.5) is 8.78 Å². The van der Waals surface area contributed by atoms with Crippen molar-refractivity contribution in [2.45, 2.75) is 13.5 Å². The summed E-state index contributed by atoms with van der Waals surface area (Å²) in [6.07, 6.45) is 0.